The van der Waals surface area contributed by atoms with Gasteiger partial charge >= 0.3 is 6.03 Å². The van der Waals surface area contributed by atoms with Crippen LogP contribution in [-0.2, 0) is 4.79 Å². The van der Waals surface area contributed by atoms with Crippen molar-refractivity contribution in [3.8, 4) is 0 Å². The lowest BCUT2D eigenvalue weighted by molar-refractivity contribution is -0.120. The van der Waals surface area contributed by atoms with Gasteiger partial charge in [-0.15, -0.1) is 0 Å². The number of hydrogen-bond acceptors (Lipinski definition) is 3. The van der Waals surface area contributed by atoms with Crippen molar-refractivity contribution >= 4 is 23.9 Å². The third kappa shape index (κ3) is 4.99. The van der Waals surface area contributed by atoms with Gasteiger partial charge in [0.2, 0.25) is 5.91 Å². The molecule has 0 unspecified atom stereocenters. The van der Waals surface area contributed by atoms with Crippen LogP contribution in [0.4, 0.5) is 4.79 Å². The molecule has 0 bridgehead atoms. The molecule has 0 aromatic heterocycles. The number of benzene rings is 3. The number of hydrogen-bond donors (Lipinski definition) is 1. The fraction of sp³-hybridized carbons (Fsp3) is 0.0909. The summed E-state index contributed by atoms with van der Waals surface area (Å²) in [4.78, 5) is 26.4. The standard InChI is InChI=1S/C22H20N2O2S/c1-24(27-19-15-9-4-10-16-19)22(26)23-21(25)20(17-11-5-2-6-12-17)18-13-7-3-8-14-18/h2-16,20H,1H3,(H,23,25,26). The predicted octanol–water partition coefficient (Wildman–Crippen LogP) is 4.69. The van der Waals surface area contributed by atoms with Crippen LogP contribution < -0.4 is 5.32 Å². The first-order valence-electron chi connectivity index (χ1n) is 8.56. The average molecular weight is 376 g/mol. The summed E-state index contributed by atoms with van der Waals surface area (Å²) >= 11 is 1.27. The molecule has 0 radical (unpaired) electrons. The molecule has 4 nitrogen and oxygen atoms in total. The Balaban J connectivity index is 1.75. The second kappa shape index (κ2) is 9.05. The van der Waals surface area contributed by atoms with Crippen LogP contribution >= 0.6 is 11.9 Å². The fourth-order valence-electron chi connectivity index (χ4n) is 2.72. The van der Waals surface area contributed by atoms with E-state index in [9.17, 15) is 9.59 Å². The fourth-order valence-corrected chi connectivity index (χ4v) is 3.45. The molecule has 136 valence electrons. The molecule has 0 saturated heterocycles. The highest BCUT2D eigenvalue weighted by atomic mass is 32.2. The van der Waals surface area contributed by atoms with Gasteiger partial charge in [-0.3, -0.25) is 14.4 Å². The van der Waals surface area contributed by atoms with Crippen LogP contribution in [0.5, 0.6) is 0 Å². The Hall–Kier alpha value is -3.05. The number of rotatable bonds is 5. The van der Waals surface area contributed by atoms with Gasteiger partial charge in [-0.2, -0.15) is 0 Å². The van der Waals surface area contributed by atoms with Gasteiger partial charge < -0.3 is 0 Å². The van der Waals surface area contributed by atoms with E-state index in [1.54, 1.807) is 7.05 Å². The number of carbonyl (C=O) groups is 2. The molecule has 0 atom stereocenters. The van der Waals surface area contributed by atoms with Crippen LogP contribution in [0.15, 0.2) is 95.9 Å². The lowest BCUT2D eigenvalue weighted by Gasteiger charge is -2.20. The topological polar surface area (TPSA) is 49.4 Å². The Labute approximate surface area is 163 Å². The summed E-state index contributed by atoms with van der Waals surface area (Å²) in [6, 6.07) is 28.0. The summed E-state index contributed by atoms with van der Waals surface area (Å²) in [5, 5.41) is 2.52. The van der Waals surface area contributed by atoms with E-state index in [0.717, 1.165) is 16.0 Å². The van der Waals surface area contributed by atoms with Gasteiger partial charge in [-0.05, 0) is 35.2 Å². The van der Waals surface area contributed by atoms with Crippen molar-refractivity contribution in [3.63, 3.8) is 0 Å². The van der Waals surface area contributed by atoms with Gasteiger partial charge in [0.1, 0.15) is 0 Å². The first-order chi connectivity index (χ1) is 13.1. The van der Waals surface area contributed by atoms with Crippen molar-refractivity contribution in [2.24, 2.45) is 0 Å². The number of urea groups is 1. The van der Waals surface area contributed by atoms with E-state index >= 15 is 0 Å². The quantitative estimate of drug-likeness (QED) is 0.657. The van der Waals surface area contributed by atoms with Gasteiger partial charge in [0, 0.05) is 11.9 Å². The van der Waals surface area contributed by atoms with E-state index in [2.05, 4.69) is 5.32 Å². The number of carbonyl (C=O) groups excluding carboxylic acids is 2. The van der Waals surface area contributed by atoms with E-state index in [1.165, 1.54) is 16.3 Å². The van der Waals surface area contributed by atoms with E-state index in [4.69, 9.17) is 0 Å². The SMILES string of the molecule is CN(Sc1ccccc1)C(=O)NC(=O)C(c1ccccc1)c1ccccc1. The second-order valence-corrected chi connectivity index (χ2v) is 7.15. The summed E-state index contributed by atoms with van der Waals surface area (Å²) in [5.74, 6) is -0.899. The first-order valence-corrected chi connectivity index (χ1v) is 9.34. The number of amides is 3. The van der Waals surface area contributed by atoms with Crippen LogP contribution in [0.3, 0.4) is 0 Å². The monoisotopic (exact) mass is 376 g/mol. The molecule has 3 aromatic rings. The average Bonchev–Trinajstić information content (AvgIpc) is 2.70. The number of imide groups is 1. The molecule has 0 saturated carbocycles. The molecule has 3 rings (SSSR count). The number of nitrogens with one attached hydrogen (secondary N) is 1. The highest BCUT2D eigenvalue weighted by Gasteiger charge is 2.25. The smallest absolute Gasteiger partial charge is 0.276 e. The van der Waals surface area contributed by atoms with Gasteiger partial charge in [-0.25, -0.2) is 4.79 Å². The summed E-state index contributed by atoms with van der Waals surface area (Å²) in [7, 11) is 1.64. The van der Waals surface area contributed by atoms with Crippen LogP contribution in [-0.4, -0.2) is 23.3 Å². The van der Waals surface area contributed by atoms with Crippen molar-refractivity contribution in [1.29, 1.82) is 0 Å². The normalized spacial score (nSPS) is 10.4. The molecule has 0 fully saturated rings. The zero-order chi connectivity index (χ0) is 19.1. The lowest BCUT2D eigenvalue weighted by atomic mass is 9.90. The van der Waals surface area contributed by atoms with Crippen molar-refractivity contribution in [2.45, 2.75) is 10.8 Å². The number of nitrogens with zero attached hydrogens (tertiary/aromatic N) is 1. The molecule has 0 aliphatic heterocycles. The van der Waals surface area contributed by atoms with E-state index < -0.39 is 11.9 Å². The van der Waals surface area contributed by atoms with Crippen LogP contribution in [0.2, 0.25) is 0 Å². The van der Waals surface area contributed by atoms with E-state index in [-0.39, 0.29) is 5.91 Å². The van der Waals surface area contributed by atoms with Crippen molar-refractivity contribution in [3.05, 3.63) is 102 Å². The Bertz CT molecular complexity index is 846. The van der Waals surface area contributed by atoms with Crippen molar-refractivity contribution in [1.82, 2.24) is 9.62 Å². The Morgan fingerprint density at radius 3 is 1.70 bits per heavy atom. The molecule has 0 heterocycles. The molecule has 0 aliphatic carbocycles. The summed E-state index contributed by atoms with van der Waals surface area (Å²) < 4.78 is 1.42. The maximum absolute atomic E-state index is 12.9. The minimum Gasteiger partial charge on any atom is -0.276 e. The molecule has 3 amide bonds. The maximum Gasteiger partial charge on any atom is 0.334 e. The van der Waals surface area contributed by atoms with E-state index in [1.807, 2.05) is 91.0 Å². The maximum atomic E-state index is 12.9. The third-order valence-corrected chi connectivity index (χ3v) is 4.95. The van der Waals surface area contributed by atoms with Crippen molar-refractivity contribution < 1.29 is 9.59 Å². The second-order valence-electron chi connectivity index (χ2n) is 5.95. The summed E-state index contributed by atoms with van der Waals surface area (Å²) in [5.41, 5.74) is 1.68. The zero-order valence-corrected chi connectivity index (χ0v) is 15.7. The molecule has 1 N–H and O–H groups in total. The molecular weight excluding hydrogens is 356 g/mol. The Morgan fingerprint density at radius 2 is 1.22 bits per heavy atom. The molecular formula is C22H20N2O2S. The zero-order valence-electron chi connectivity index (χ0n) is 14.9. The summed E-state index contributed by atoms with van der Waals surface area (Å²) in [6.45, 7) is 0. The first kappa shape index (κ1) is 18.7. The van der Waals surface area contributed by atoms with Gasteiger partial charge in [-0.1, -0.05) is 78.9 Å². The molecule has 27 heavy (non-hydrogen) atoms. The van der Waals surface area contributed by atoms with Crippen LogP contribution in [0.1, 0.15) is 17.0 Å². The highest BCUT2D eigenvalue weighted by molar-refractivity contribution is 7.97. The largest absolute Gasteiger partial charge is 0.334 e. The predicted molar refractivity (Wildman–Crippen MR) is 108 cm³/mol. The van der Waals surface area contributed by atoms with Gasteiger partial charge in [0.25, 0.3) is 0 Å². The minimum atomic E-state index is -0.550. The Morgan fingerprint density at radius 1 is 0.778 bits per heavy atom. The molecule has 5 heteroatoms. The Kier molecular flexibility index (Phi) is 6.28. The van der Waals surface area contributed by atoms with Gasteiger partial charge in [0.15, 0.2) is 0 Å². The summed E-state index contributed by atoms with van der Waals surface area (Å²) in [6.07, 6.45) is 0. The molecule has 3 aromatic carbocycles. The van der Waals surface area contributed by atoms with E-state index in [0.29, 0.717) is 0 Å². The molecule has 0 spiro atoms. The van der Waals surface area contributed by atoms with Crippen LogP contribution in [0.25, 0.3) is 0 Å². The van der Waals surface area contributed by atoms with Crippen LogP contribution in [0, 0.1) is 0 Å². The third-order valence-electron chi connectivity index (χ3n) is 4.03. The molecule has 0 aliphatic rings. The minimum absolute atomic E-state index is 0.349. The van der Waals surface area contributed by atoms with Crippen molar-refractivity contribution in [2.75, 3.05) is 7.05 Å². The lowest BCUT2D eigenvalue weighted by Crippen LogP contribution is -2.40. The van der Waals surface area contributed by atoms with Gasteiger partial charge in [0.05, 0.1) is 5.92 Å². The highest BCUT2D eigenvalue weighted by Crippen LogP contribution is 2.25.